The molecule has 1 aliphatic heterocycles. The van der Waals surface area contributed by atoms with Gasteiger partial charge in [0.1, 0.15) is 0 Å². The minimum absolute atomic E-state index is 0.250. The first-order chi connectivity index (χ1) is 12.8. The van der Waals surface area contributed by atoms with Crippen LogP contribution in [0.25, 0.3) is 16.9 Å². The lowest BCUT2D eigenvalue weighted by molar-refractivity contribution is 0.0246. The van der Waals surface area contributed by atoms with E-state index < -0.39 is 0 Å². The summed E-state index contributed by atoms with van der Waals surface area (Å²) < 4.78 is 7.61. The standard InChI is InChI=1S/C20H23N5O/c1-15-5-4-6-17(11-15)25-14-16(12-23-25)19-8-9-21-20(24-19)22-13-18-7-2-3-10-26-18/h4-6,8-9,11-12,14,18H,2-3,7,10,13H2,1H3,(H,21,22,24). The number of aromatic nitrogens is 4. The topological polar surface area (TPSA) is 64.9 Å². The maximum atomic E-state index is 5.75. The maximum Gasteiger partial charge on any atom is 0.223 e. The van der Waals surface area contributed by atoms with Crippen LogP contribution in [0, 0.1) is 6.92 Å². The first-order valence-corrected chi connectivity index (χ1v) is 9.08. The van der Waals surface area contributed by atoms with Gasteiger partial charge in [-0.3, -0.25) is 0 Å². The van der Waals surface area contributed by atoms with E-state index in [1.165, 1.54) is 12.0 Å². The Kier molecular flexibility index (Phi) is 4.93. The van der Waals surface area contributed by atoms with E-state index in [1.54, 1.807) is 6.20 Å². The molecule has 1 N–H and O–H groups in total. The lowest BCUT2D eigenvalue weighted by Gasteiger charge is -2.22. The third-order valence-electron chi connectivity index (χ3n) is 4.56. The van der Waals surface area contributed by atoms with Crippen molar-refractivity contribution in [3.8, 4) is 16.9 Å². The third-order valence-corrected chi connectivity index (χ3v) is 4.56. The fraction of sp³-hybridized carbons (Fsp3) is 0.350. The highest BCUT2D eigenvalue weighted by atomic mass is 16.5. The molecule has 1 atom stereocenters. The molecular formula is C20H23N5O. The van der Waals surface area contributed by atoms with Crippen molar-refractivity contribution in [1.29, 1.82) is 0 Å². The number of aryl methyl sites for hydroxylation is 1. The van der Waals surface area contributed by atoms with Crippen LogP contribution in [0.1, 0.15) is 24.8 Å². The van der Waals surface area contributed by atoms with Crippen molar-refractivity contribution in [3.05, 3.63) is 54.5 Å². The van der Waals surface area contributed by atoms with E-state index in [0.29, 0.717) is 5.95 Å². The summed E-state index contributed by atoms with van der Waals surface area (Å²) in [7, 11) is 0. The molecule has 0 radical (unpaired) electrons. The van der Waals surface area contributed by atoms with Crippen LogP contribution >= 0.6 is 0 Å². The normalized spacial score (nSPS) is 17.2. The molecule has 26 heavy (non-hydrogen) atoms. The van der Waals surface area contributed by atoms with Gasteiger partial charge in [0.15, 0.2) is 0 Å². The summed E-state index contributed by atoms with van der Waals surface area (Å²) >= 11 is 0. The Morgan fingerprint density at radius 1 is 1.27 bits per heavy atom. The monoisotopic (exact) mass is 349 g/mol. The summed E-state index contributed by atoms with van der Waals surface area (Å²) in [6, 6.07) is 10.2. The molecule has 4 rings (SSSR count). The molecule has 2 aromatic heterocycles. The van der Waals surface area contributed by atoms with Gasteiger partial charge in [0.25, 0.3) is 0 Å². The minimum Gasteiger partial charge on any atom is -0.376 e. The minimum atomic E-state index is 0.250. The zero-order valence-electron chi connectivity index (χ0n) is 14.9. The van der Waals surface area contributed by atoms with Crippen LogP contribution in [0.15, 0.2) is 48.9 Å². The van der Waals surface area contributed by atoms with Crippen LogP contribution in [0.5, 0.6) is 0 Å². The third kappa shape index (κ3) is 3.91. The SMILES string of the molecule is Cc1cccc(-n2cc(-c3ccnc(NCC4CCCCO4)n3)cn2)c1. The fourth-order valence-corrected chi connectivity index (χ4v) is 3.14. The molecule has 1 unspecified atom stereocenters. The van der Waals surface area contributed by atoms with Crippen LogP contribution in [0.2, 0.25) is 0 Å². The van der Waals surface area contributed by atoms with Crippen LogP contribution < -0.4 is 5.32 Å². The van der Waals surface area contributed by atoms with E-state index >= 15 is 0 Å². The van der Waals surface area contributed by atoms with E-state index in [4.69, 9.17) is 4.74 Å². The van der Waals surface area contributed by atoms with Crippen molar-refractivity contribution in [2.24, 2.45) is 0 Å². The van der Waals surface area contributed by atoms with Crippen molar-refractivity contribution >= 4 is 5.95 Å². The van der Waals surface area contributed by atoms with Gasteiger partial charge in [-0.25, -0.2) is 14.6 Å². The van der Waals surface area contributed by atoms with Gasteiger partial charge in [0.2, 0.25) is 5.95 Å². The Labute approximate surface area is 153 Å². The molecule has 6 nitrogen and oxygen atoms in total. The molecule has 0 spiro atoms. The molecule has 1 aromatic carbocycles. The number of benzene rings is 1. The van der Waals surface area contributed by atoms with Crippen molar-refractivity contribution in [2.75, 3.05) is 18.5 Å². The number of anilines is 1. The number of hydrogen-bond acceptors (Lipinski definition) is 5. The Hall–Kier alpha value is -2.73. The molecule has 1 aliphatic rings. The van der Waals surface area contributed by atoms with Crippen LogP contribution in [0.3, 0.4) is 0 Å². The van der Waals surface area contributed by atoms with Gasteiger partial charge in [0, 0.05) is 31.1 Å². The van der Waals surface area contributed by atoms with Crippen LogP contribution in [-0.4, -0.2) is 39.0 Å². The second kappa shape index (κ2) is 7.66. The Morgan fingerprint density at radius 2 is 2.23 bits per heavy atom. The summed E-state index contributed by atoms with van der Waals surface area (Å²) in [6.07, 6.45) is 9.33. The first kappa shape index (κ1) is 16.7. The van der Waals surface area contributed by atoms with Gasteiger partial charge in [-0.2, -0.15) is 5.10 Å². The van der Waals surface area contributed by atoms with Crippen molar-refractivity contribution in [3.63, 3.8) is 0 Å². The second-order valence-corrected chi connectivity index (χ2v) is 6.65. The van der Waals surface area contributed by atoms with Crippen molar-refractivity contribution in [1.82, 2.24) is 19.7 Å². The maximum absolute atomic E-state index is 5.75. The molecule has 0 saturated carbocycles. The van der Waals surface area contributed by atoms with Crippen LogP contribution in [-0.2, 0) is 4.74 Å². The molecule has 3 heterocycles. The van der Waals surface area contributed by atoms with Crippen molar-refractivity contribution in [2.45, 2.75) is 32.3 Å². The van der Waals surface area contributed by atoms with E-state index in [1.807, 2.05) is 35.3 Å². The molecule has 0 bridgehead atoms. The van der Waals surface area contributed by atoms with Gasteiger partial charge >= 0.3 is 0 Å². The predicted octanol–water partition coefficient (Wildman–Crippen LogP) is 3.62. The first-order valence-electron chi connectivity index (χ1n) is 9.08. The molecule has 134 valence electrons. The largest absolute Gasteiger partial charge is 0.376 e. The average Bonchev–Trinajstić information content (AvgIpc) is 3.18. The highest BCUT2D eigenvalue weighted by Gasteiger charge is 2.14. The Morgan fingerprint density at radius 3 is 3.08 bits per heavy atom. The summed E-state index contributed by atoms with van der Waals surface area (Å²) in [5, 5.41) is 7.76. The molecule has 1 saturated heterocycles. The van der Waals surface area contributed by atoms with E-state index in [0.717, 1.165) is 42.9 Å². The van der Waals surface area contributed by atoms with Gasteiger partial charge in [-0.15, -0.1) is 0 Å². The van der Waals surface area contributed by atoms with Gasteiger partial charge in [0.05, 0.1) is 23.7 Å². The molecule has 1 fully saturated rings. The van der Waals surface area contributed by atoms with Gasteiger partial charge < -0.3 is 10.1 Å². The highest BCUT2D eigenvalue weighted by Crippen LogP contribution is 2.20. The second-order valence-electron chi connectivity index (χ2n) is 6.65. The number of hydrogen-bond donors (Lipinski definition) is 1. The molecular weight excluding hydrogens is 326 g/mol. The summed E-state index contributed by atoms with van der Waals surface area (Å²) in [5.74, 6) is 0.625. The van der Waals surface area contributed by atoms with Crippen molar-refractivity contribution < 1.29 is 4.74 Å². The lowest BCUT2D eigenvalue weighted by Crippen LogP contribution is -2.27. The summed E-state index contributed by atoms with van der Waals surface area (Å²) in [5.41, 5.74) is 4.06. The van der Waals surface area contributed by atoms with Gasteiger partial charge in [-0.05, 0) is 49.9 Å². The lowest BCUT2D eigenvalue weighted by atomic mass is 10.1. The summed E-state index contributed by atoms with van der Waals surface area (Å²) in [4.78, 5) is 8.94. The quantitative estimate of drug-likeness (QED) is 0.762. The average molecular weight is 349 g/mol. The molecule has 0 amide bonds. The predicted molar refractivity (Wildman–Crippen MR) is 101 cm³/mol. The number of rotatable bonds is 5. The van der Waals surface area contributed by atoms with E-state index in [-0.39, 0.29) is 6.10 Å². The zero-order valence-corrected chi connectivity index (χ0v) is 14.9. The molecule has 3 aromatic rings. The van der Waals surface area contributed by atoms with E-state index in [9.17, 15) is 0 Å². The fourth-order valence-electron chi connectivity index (χ4n) is 3.14. The Bertz CT molecular complexity index is 870. The highest BCUT2D eigenvalue weighted by molar-refractivity contribution is 5.58. The van der Waals surface area contributed by atoms with Gasteiger partial charge in [-0.1, -0.05) is 12.1 Å². The number of nitrogens with zero attached hydrogens (tertiary/aromatic N) is 4. The molecule has 6 heteroatoms. The van der Waals surface area contributed by atoms with E-state index in [2.05, 4.69) is 39.4 Å². The number of ether oxygens (including phenoxy) is 1. The smallest absolute Gasteiger partial charge is 0.223 e. The van der Waals surface area contributed by atoms with Crippen LogP contribution in [0.4, 0.5) is 5.95 Å². The molecule has 0 aliphatic carbocycles. The zero-order chi connectivity index (χ0) is 17.8. The Balaban J connectivity index is 1.48. The number of nitrogens with one attached hydrogen (secondary N) is 1. The summed E-state index contributed by atoms with van der Waals surface area (Å²) in [6.45, 7) is 3.67.